The van der Waals surface area contributed by atoms with Crippen molar-refractivity contribution in [1.82, 2.24) is 5.32 Å². The van der Waals surface area contributed by atoms with Gasteiger partial charge in [-0.05, 0) is 30.4 Å². The molecule has 0 aromatic carbocycles. The van der Waals surface area contributed by atoms with Crippen LogP contribution in [0.15, 0.2) is 16.5 Å². The van der Waals surface area contributed by atoms with Gasteiger partial charge in [0.2, 0.25) is 0 Å². The standard InChI is InChI=1S/C14H23NO2/c1-14(7-3-2-4-8-14)11-15-9-12-5-6-13(10-16)17-12/h5-6,15-16H,2-4,7-11H2,1H3. The molecular formula is C14H23NO2. The van der Waals surface area contributed by atoms with Crippen molar-refractivity contribution in [2.75, 3.05) is 6.54 Å². The van der Waals surface area contributed by atoms with Crippen LogP contribution >= 0.6 is 0 Å². The molecule has 17 heavy (non-hydrogen) atoms. The lowest BCUT2D eigenvalue weighted by molar-refractivity contribution is 0.204. The zero-order valence-electron chi connectivity index (χ0n) is 10.7. The van der Waals surface area contributed by atoms with E-state index in [1.807, 2.05) is 12.1 Å². The van der Waals surface area contributed by atoms with E-state index in [-0.39, 0.29) is 6.61 Å². The summed E-state index contributed by atoms with van der Waals surface area (Å²) in [5.41, 5.74) is 0.463. The van der Waals surface area contributed by atoms with E-state index < -0.39 is 0 Å². The first-order chi connectivity index (χ1) is 8.22. The van der Waals surface area contributed by atoms with Crippen LogP contribution in [0.4, 0.5) is 0 Å². The molecule has 1 saturated carbocycles. The van der Waals surface area contributed by atoms with Gasteiger partial charge in [0.25, 0.3) is 0 Å². The molecule has 0 atom stereocenters. The number of aliphatic hydroxyl groups is 1. The van der Waals surface area contributed by atoms with Gasteiger partial charge in [-0.25, -0.2) is 0 Å². The molecule has 1 aromatic heterocycles. The first-order valence-electron chi connectivity index (χ1n) is 6.61. The third-order valence-electron chi connectivity index (χ3n) is 3.78. The third kappa shape index (κ3) is 3.58. The van der Waals surface area contributed by atoms with Crippen LogP contribution in [-0.2, 0) is 13.2 Å². The van der Waals surface area contributed by atoms with Gasteiger partial charge in [0.05, 0.1) is 6.54 Å². The summed E-state index contributed by atoms with van der Waals surface area (Å²) >= 11 is 0. The number of rotatable bonds is 5. The summed E-state index contributed by atoms with van der Waals surface area (Å²) in [6, 6.07) is 3.76. The summed E-state index contributed by atoms with van der Waals surface area (Å²) in [4.78, 5) is 0. The Balaban J connectivity index is 1.74. The lowest BCUT2D eigenvalue weighted by Crippen LogP contribution is -2.33. The molecule has 1 aliphatic carbocycles. The summed E-state index contributed by atoms with van der Waals surface area (Å²) in [6.07, 6.45) is 6.80. The van der Waals surface area contributed by atoms with E-state index in [2.05, 4.69) is 12.2 Å². The van der Waals surface area contributed by atoms with Gasteiger partial charge in [0.15, 0.2) is 0 Å². The molecule has 0 bridgehead atoms. The van der Waals surface area contributed by atoms with Crippen molar-refractivity contribution >= 4 is 0 Å². The van der Waals surface area contributed by atoms with Crippen molar-refractivity contribution < 1.29 is 9.52 Å². The molecule has 96 valence electrons. The SMILES string of the molecule is CC1(CNCc2ccc(CO)o2)CCCCC1. The van der Waals surface area contributed by atoms with Crippen molar-refractivity contribution in [3.05, 3.63) is 23.7 Å². The van der Waals surface area contributed by atoms with Gasteiger partial charge in [0, 0.05) is 6.54 Å². The highest BCUT2D eigenvalue weighted by atomic mass is 16.4. The van der Waals surface area contributed by atoms with E-state index >= 15 is 0 Å². The number of hydrogen-bond donors (Lipinski definition) is 2. The second-order valence-corrected chi connectivity index (χ2v) is 5.50. The minimum atomic E-state index is -0.0162. The third-order valence-corrected chi connectivity index (χ3v) is 3.78. The van der Waals surface area contributed by atoms with Crippen LogP contribution in [0.5, 0.6) is 0 Å². The molecule has 0 unspecified atom stereocenters. The van der Waals surface area contributed by atoms with Crippen LogP contribution in [0.2, 0.25) is 0 Å². The maximum absolute atomic E-state index is 8.91. The Morgan fingerprint density at radius 1 is 1.24 bits per heavy atom. The van der Waals surface area contributed by atoms with Gasteiger partial charge < -0.3 is 14.8 Å². The quantitative estimate of drug-likeness (QED) is 0.827. The predicted molar refractivity (Wildman–Crippen MR) is 67.5 cm³/mol. The van der Waals surface area contributed by atoms with Gasteiger partial charge in [-0.2, -0.15) is 0 Å². The van der Waals surface area contributed by atoms with E-state index in [0.717, 1.165) is 18.8 Å². The Kier molecular flexibility index (Phi) is 4.24. The molecule has 3 heteroatoms. The molecule has 2 N–H and O–H groups in total. The van der Waals surface area contributed by atoms with Gasteiger partial charge in [-0.3, -0.25) is 0 Å². The average Bonchev–Trinajstić information content (AvgIpc) is 2.78. The molecule has 2 rings (SSSR count). The average molecular weight is 237 g/mol. The van der Waals surface area contributed by atoms with E-state index in [1.54, 1.807) is 0 Å². The molecule has 0 saturated heterocycles. The molecule has 0 spiro atoms. The van der Waals surface area contributed by atoms with Crippen molar-refractivity contribution in [2.45, 2.75) is 52.2 Å². The van der Waals surface area contributed by atoms with E-state index in [4.69, 9.17) is 9.52 Å². The minimum absolute atomic E-state index is 0.0162. The molecule has 0 radical (unpaired) electrons. The Labute approximate surface area is 103 Å². The van der Waals surface area contributed by atoms with Gasteiger partial charge >= 0.3 is 0 Å². The largest absolute Gasteiger partial charge is 0.462 e. The second-order valence-electron chi connectivity index (χ2n) is 5.50. The topological polar surface area (TPSA) is 45.4 Å². The lowest BCUT2D eigenvalue weighted by Gasteiger charge is -2.33. The Morgan fingerprint density at radius 2 is 1.94 bits per heavy atom. The number of hydrogen-bond acceptors (Lipinski definition) is 3. The zero-order chi connectivity index (χ0) is 12.1. The predicted octanol–water partition coefficient (Wildman–Crippen LogP) is 2.83. The van der Waals surface area contributed by atoms with Crippen LogP contribution in [0, 0.1) is 5.41 Å². The van der Waals surface area contributed by atoms with Gasteiger partial charge in [0.1, 0.15) is 18.1 Å². The molecular weight excluding hydrogens is 214 g/mol. The summed E-state index contributed by atoms with van der Waals surface area (Å²) < 4.78 is 5.44. The van der Waals surface area contributed by atoms with Crippen molar-refractivity contribution in [1.29, 1.82) is 0 Å². The number of aliphatic hydroxyl groups excluding tert-OH is 1. The summed E-state index contributed by atoms with van der Waals surface area (Å²) in [6.45, 7) is 4.18. The van der Waals surface area contributed by atoms with E-state index in [0.29, 0.717) is 11.2 Å². The van der Waals surface area contributed by atoms with Crippen LogP contribution < -0.4 is 5.32 Å². The highest BCUT2D eigenvalue weighted by Crippen LogP contribution is 2.34. The van der Waals surface area contributed by atoms with Gasteiger partial charge in [-0.15, -0.1) is 0 Å². The Hall–Kier alpha value is -0.800. The van der Waals surface area contributed by atoms with Crippen molar-refractivity contribution in [3.63, 3.8) is 0 Å². The normalized spacial score (nSPS) is 19.4. The van der Waals surface area contributed by atoms with Crippen LogP contribution in [-0.4, -0.2) is 11.7 Å². The fourth-order valence-corrected chi connectivity index (χ4v) is 2.67. The smallest absolute Gasteiger partial charge is 0.129 e. The lowest BCUT2D eigenvalue weighted by atomic mass is 9.76. The molecule has 1 heterocycles. The monoisotopic (exact) mass is 237 g/mol. The van der Waals surface area contributed by atoms with Crippen LogP contribution in [0.25, 0.3) is 0 Å². The fraction of sp³-hybridized carbons (Fsp3) is 0.714. The van der Waals surface area contributed by atoms with E-state index in [9.17, 15) is 0 Å². The maximum atomic E-state index is 8.91. The van der Waals surface area contributed by atoms with Crippen molar-refractivity contribution in [2.24, 2.45) is 5.41 Å². The second kappa shape index (κ2) is 5.69. The number of nitrogens with one attached hydrogen (secondary N) is 1. The summed E-state index contributed by atoms with van der Waals surface area (Å²) in [5.74, 6) is 1.55. The molecule has 1 fully saturated rings. The fourth-order valence-electron chi connectivity index (χ4n) is 2.67. The van der Waals surface area contributed by atoms with E-state index in [1.165, 1.54) is 32.1 Å². The molecule has 0 aliphatic heterocycles. The minimum Gasteiger partial charge on any atom is -0.462 e. The van der Waals surface area contributed by atoms with Gasteiger partial charge in [-0.1, -0.05) is 26.2 Å². The highest BCUT2D eigenvalue weighted by Gasteiger charge is 2.26. The van der Waals surface area contributed by atoms with Crippen LogP contribution in [0.3, 0.4) is 0 Å². The molecule has 1 aromatic rings. The Bertz CT molecular complexity index is 340. The zero-order valence-corrected chi connectivity index (χ0v) is 10.7. The maximum Gasteiger partial charge on any atom is 0.129 e. The first kappa shape index (κ1) is 12.7. The van der Waals surface area contributed by atoms with Crippen LogP contribution in [0.1, 0.15) is 50.5 Å². The molecule has 0 amide bonds. The van der Waals surface area contributed by atoms with Crippen molar-refractivity contribution in [3.8, 4) is 0 Å². The Morgan fingerprint density at radius 3 is 2.59 bits per heavy atom. The molecule has 1 aliphatic rings. The number of furan rings is 1. The highest BCUT2D eigenvalue weighted by molar-refractivity contribution is 5.06. The molecule has 3 nitrogen and oxygen atoms in total. The first-order valence-corrected chi connectivity index (χ1v) is 6.61. The summed E-state index contributed by atoms with van der Waals surface area (Å²) in [5, 5.41) is 12.4. The summed E-state index contributed by atoms with van der Waals surface area (Å²) in [7, 11) is 0.